The van der Waals surface area contributed by atoms with Gasteiger partial charge in [0.15, 0.2) is 5.11 Å². The van der Waals surface area contributed by atoms with Gasteiger partial charge in [0.25, 0.3) is 11.6 Å². The minimum Gasteiger partial charge on any atom is -0.494 e. The summed E-state index contributed by atoms with van der Waals surface area (Å²) in [5.41, 5.74) is 1.30. The fourth-order valence-corrected chi connectivity index (χ4v) is 2.36. The van der Waals surface area contributed by atoms with Gasteiger partial charge in [0.05, 0.1) is 22.8 Å². The van der Waals surface area contributed by atoms with E-state index in [2.05, 4.69) is 10.6 Å². The van der Waals surface area contributed by atoms with E-state index >= 15 is 0 Å². The topological polar surface area (TPSA) is 93.5 Å². The van der Waals surface area contributed by atoms with E-state index in [0.29, 0.717) is 29.2 Å². The molecule has 0 bridgehead atoms. The highest BCUT2D eigenvalue weighted by Gasteiger charge is 2.15. The van der Waals surface area contributed by atoms with Crippen LogP contribution in [-0.4, -0.2) is 22.5 Å². The molecule has 0 unspecified atom stereocenters. The molecule has 0 saturated carbocycles. The molecule has 0 radical (unpaired) electrons. The van der Waals surface area contributed by atoms with Gasteiger partial charge in [-0.05, 0) is 56.4 Å². The summed E-state index contributed by atoms with van der Waals surface area (Å²) in [4.78, 5) is 22.7. The van der Waals surface area contributed by atoms with Crippen molar-refractivity contribution in [3.8, 4) is 5.75 Å². The summed E-state index contributed by atoms with van der Waals surface area (Å²) in [6.45, 7) is 4.03. The maximum Gasteiger partial charge on any atom is 0.274 e. The van der Waals surface area contributed by atoms with Crippen LogP contribution in [0.15, 0.2) is 42.5 Å². The number of amides is 1. The summed E-state index contributed by atoms with van der Waals surface area (Å²) < 4.78 is 5.32. The van der Waals surface area contributed by atoms with Crippen LogP contribution in [0, 0.1) is 17.0 Å². The minimum absolute atomic E-state index is 0.0226. The van der Waals surface area contributed by atoms with Gasteiger partial charge >= 0.3 is 0 Å². The Morgan fingerprint density at radius 3 is 2.52 bits per heavy atom. The van der Waals surface area contributed by atoms with Crippen molar-refractivity contribution in [2.24, 2.45) is 0 Å². The highest BCUT2D eigenvalue weighted by Crippen LogP contribution is 2.24. The summed E-state index contributed by atoms with van der Waals surface area (Å²) in [5.74, 6) is 0.288. The second kappa shape index (κ2) is 8.20. The van der Waals surface area contributed by atoms with Gasteiger partial charge in [0, 0.05) is 11.6 Å². The molecule has 1 amide bonds. The van der Waals surface area contributed by atoms with Crippen LogP contribution in [0.4, 0.5) is 11.4 Å². The van der Waals surface area contributed by atoms with Gasteiger partial charge in [0.2, 0.25) is 0 Å². The summed E-state index contributed by atoms with van der Waals surface area (Å²) in [6, 6.07) is 11.2. The van der Waals surface area contributed by atoms with Crippen LogP contribution in [0.25, 0.3) is 0 Å². The Bertz CT molecular complexity index is 806. The molecule has 0 fully saturated rings. The molecule has 2 aromatic rings. The van der Waals surface area contributed by atoms with Crippen LogP contribution >= 0.6 is 12.2 Å². The smallest absolute Gasteiger partial charge is 0.274 e. The lowest BCUT2D eigenvalue weighted by Gasteiger charge is -2.12. The summed E-state index contributed by atoms with van der Waals surface area (Å²) >= 11 is 5.11. The van der Waals surface area contributed by atoms with Crippen LogP contribution in [0.2, 0.25) is 0 Å². The molecule has 2 rings (SSSR count). The summed E-state index contributed by atoms with van der Waals surface area (Å²) in [5, 5.41) is 16.4. The Balaban J connectivity index is 2.03. The molecule has 2 N–H and O–H groups in total. The van der Waals surface area contributed by atoms with Crippen LogP contribution in [0.3, 0.4) is 0 Å². The zero-order valence-corrected chi connectivity index (χ0v) is 14.6. The number of carbonyl (C=O) groups excluding carboxylic acids is 1. The number of nitrogens with one attached hydrogen (secondary N) is 2. The Labute approximate surface area is 150 Å². The van der Waals surface area contributed by atoms with E-state index in [1.54, 1.807) is 43.3 Å². The third-order valence-electron chi connectivity index (χ3n) is 3.40. The molecule has 130 valence electrons. The maximum absolute atomic E-state index is 12.2. The number of nitro groups is 1. The van der Waals surface area contributed by atoms with Crippen LogP contribution < -0.4 is 15.4 Å². The number of rotatable bonds is 5. The third kappa shape index (κ3) is 4.74. The van der Waals surface area contributed by atoms with Crippen LogP contribution in [0.1, 0.15) is 22.8 Å². The van der Waals surface area contributed by atoms with Crippen molar-refractivity contribution in [3.05, 3.63) is 63.7 Å². The molecular weight excluding hydrogens is 342 g/mol. The molecule has 8 heteroatoms. The molecular formula is C17H17N3O4S. The largest absolute Gasteiger partial charge is 0.494 e. The lowest BCUT2D eigenvalue weighted by atomic mass is 10.1. The van der Waals surface area contributed by atoms with E-state index in [9.17, 15) is 14.9 Å². The van der Waals surface area contributed by atoms with Crippen molar-refractivity contribution in [2.45, 2.75) is 13.8 Å². The molecule has 7 nitrogen and oxygen atoms in total. The molecule has 0 spiro atoms. The van der Waals surface area contributed by atoms with E-state index < -0.39 is 4.92 Å². The van der Waals surface area contributed by atoms with Crippen LogP contribution in [-0.2, 0) is 0 Å². The predicted molar refractivity (Wildman–Crippen MR) is 99.1 cm³/mol. The summed E-state index contributed by atoms with van der Waals surface area (Å²) in [7, 11) is 0. The number of hydrogen-bond acceptors (Lipinski definition) is 5. The SMILES string of the molecule is CCOc1ccc(C(=O)NC(=S)Nc2cccc([N+](=O)[O-])c2C)cc1. The highest BCUT2D eigenvalue weighted by atomic mass is 32.1. The van der Waals surface area contributed by atoms with Crippen molar-refractivity contribution in [1.82, 2.24) is 5.32 Å². The van der Waals surface area contributed by atoms with Gasteiger partial charge in [-0.1, -0.05) is 6.07 Å². The van der Waals surface area contributed by atoms with Gasteiger partial charge < -0.3 is 10.1 Å². The Morgan fingerprint density at radius 1 is 1.24 bits per heavy atom. The molecule has 0 aliphatic rings. The monoisotopic (exact) mass is 359 g/mol. The molecule has 25 heavy (non-hydrogen) atoms. The molecule has 0 heterocycles. The minimum atomic E-state index is -0.470. The lowest BCUT2D eigenvalue weighted by Crippen LogP contribution is -2.34. The van der Waals surface area contributed by atoms with E-state index in [1.807, 2.05) is 6.92 Å². The Hall–Kier alpha value is -3.00. The number of thiocarbonyl (C=S) groups is 1. The first-order chi connectivity index (χ1) is 11.9. The zero-order valence-electron chi connectivity index (χ0n) is 13.7. The van der Waals surface area contributed by atoms with Crippen LogP contribution in [0.5, 0.6) is 5.75 Å². The van der Waals surface area contributed by atoms with E-state index in [0.717, 1.165) is 0 Å². The standard InChI is InChI=1S/C17H17N3O4S/c1-3-24-13-9-7-12(8-10-13)16(21)19-17(25)18-14-5-4-6-15(11(14)2)20(22)23/h4-10H,3H2,1-2H3,(H2,18,19,21,25). The quantitative estimate of drug-likeness (QED) is 0.483. The summed E-state index contributed by atoms with van der Waals surface area (Å²) in [6.07, 6.45) is 0. The van der Waals surface area contributed by atoms with Gasteiger partial charge in [-0.3, -0.25) is 20.2 Å². The van der Waals surface area contributed by atoms with Gasteiger partial charge in [-0.25, -0.2) is 0 Å². The van der Waals surface area contributed by atoms with E-state index in [4.69, 9.17) is 17.0 Å². The van der Waals surface area contributed by atoms with Gasteiger partial charge in [-0.15, -0.1) is 0 Å². The third-order valence-corrected chi connectivity index (χ3v) is 3.61. The average Bonchev–Trinajstić information content (AvgIpc) is 2.57. The van der Waals surface area contributed by atoms with Crippen molar-refractivity contribution < 1.29 is 14.5 Å². The second-order valence-electron chi connectivity index (χ2n) is 5.07. The number of hydrogen-bond donors (Lipinski definition) is 2. The molecule has 0 aliphatic carbocycles. The van der Waals surface area contributed by atoms with Crippen molar-refractivity contribution in [2.75, 3.05) is 11.9 Å². The highest BCUT2D eigenvalue weighted by molar-refractivity contribution is 7.80. The average molecular weight is 359 g/mol. The van der Waals surface area contributed by atoms with Crippen molar-refractivity contribution in [1.29, 1.82) is 0 Å². The second-order valence-corrected chi connectivity index (χ2v) is 5.48. The van der Waals surface area contributed by atoms with Gasteiger partial charge in [0.1, 0.15) is 5.75 Å². The molecule has 0 atom stereocenters. The number of ether oxygens (including phenoxy) is 1. The first-order valence-electron chi connectivity index (χ1n) is 7.51. The van der Waals surface area contributed by atoms with Gasteiger partial charge in [-0.2, -0.15) is 0 Å². The molecule has 2 aromatic carbocycles. The number of carbonyl (C=O) groups is 1. The normalized spacial score (nSPS) is 10.0. The van der Waals surface area contributed by atoms with E-state index in [-0.39, 0.29) is 16.7 Å². The fourth-order valence-electron chi connectivity index (χ4n) is 2.15. The maximum atomic E-state index is 12.2. The Morgan fingerprint density at radius 2 is 1.92 bits per heavy atom. The number of nitrogens with zero attached hydrogens (tertiary/aromatic N) is 1. The fraction of sp³-hybridized carbons (Fsp3) is 0.176. The first-order valence-corrected chi connectivity index (χ1v) is 7.92. The van der Waals surface area contributed by atoms with Crippen molar-refractivity contribution >= 4 is 34.6 Å². The number of nitro benzene ring substituents is 1. The van der Waals surface area contributed by atoms with Crippen molar-refractivity contribution in [3.63, 3.8) is 0 Å². The number of anilines is 1. The lowest BCUT2D eigenvalue weighted by molar-refractivity contribution is -0.385. The zero-order chi connectivity index (χ0) is 18.4. The predicted octanol–water partition coefficient (Wildman–Crippen LogP) is 3.43. The van der Waals surface area contributed by atoms with E-state index in [1.165, 1.54) is 6.07 Å². The Kier molecular flexibility index (Phi) is 6.02. The molecule has 0 saturated heterocycles. The molecule has 0 aliphatic heterocycles. The number of benzene rings is 2. The first kappa shape index (κ1) is 18.3. The molecule has 0 aromatic heterocycles.